The zero-order chi connectivity index (χ0) is 21.6. The number of carbonyl (C=O) groups is 2. The summed E-state index contributed by atoms with van der Waals surface area (Å²) in [4.78, 5) is 27.3. The molecule has 1 saturated heterocycles. The minimum Gasteiger partial charge on any atom is -0.493 e. The second kappa shape index (κ2) is 9.86. The molecule has 1 fully saturated rings. The summed E-state index contributed by atoms with van der Waals surface area (Å²) in [7, 11) is 0. The van der Waals surface area contributed by atoms with Crippen LogP contribution >= 0.6 is 0 Å². The number of para-hydroxylation sites is 1. The van der Waals surface area contributed by atoms with E-state index in [4.69, 9.17) is 14.2 Å². The number of aryl methyl sites for hydroxylation is 1. The third-order valence-electron chi connectivity index (χ3n) is 5.93. The summed E-state index contributed by atoms with van der Waals surface area (Å²) in [5.41, 5.74) is 1.75. The van der Waals surface area contributed by atoms with Crippen molar-refractivity contribution in [3.8, 4) is 17.2 Å². The quantitative estimate of drug-likeness (QED) is 0.497. The number of likely N-dealkylation sites (tertiary alicyclic amines) is 1. The van der Waals surface area contributed by atoms with E-state index in [-0.39, 0.29) is 17.6 Å². The normalized spacial score (nSPS) is 16.1. The number of ketones is 1. The van der Waals surface area contributed by atoms with Crippen molar-refractivity contribution in [2.45, 2.75) is 32.6 Å². The number of carbonyl (C=O) groups excluding carboxylic acids is 2. The van der Waals surface area contributed by atoms with Crippen molar-refractivity contribution < 1.29 is 23.8 Å². The highest BCUT2D eigenvalue weighted by Crippen LogP contribution is 2.32. The molecule has 4 rings (SSSR count). The SMILES string of the molecule is Cc1ccccc1OCCCC(=O)N1CCC(C(=O)c2ccc3c(c2)OCCO3)CC1. The second-order valence-corrected chi connectivity index (χ2v) is 8.10. The predicted octanol–water partition coefficient (Wildman–Crippen LogP) is 4.05. The topological polar surface area (TPSA) is 65.1 Å². The fraction of sp³-hybridized carbons (Fsp3) is 0.440. The zero-order valence-corrected chi connectivity index (χ0v) is 18.0. The van der Waals surface area contributed by atoms with Crippen LogP contribution in [0, 0.1) is 12.8 Å². The fourth-order valence-corrected chi connectivity index (χ4v) is 4.11. The van der Waals surface area contributed by atoms with Gasteiger partial charge in [-0.15, -0.1) is 0 Å². The molecule has 2 aromatic rings. The summed E-state index contributed by atoms with van der Waals surface area (Å²) in [6, 6.07) is 13.3. The highest BCUT2D eigenvalue weighted by molar-refractivity contribution is 5.98. The van der Waals surface area contributed by atoms with E-state index in [1.807, 2.05) is 42.2 Å². The van der Waals surface area contributed by atoms with Crippen LogP contribution in [-0.2, 0) is 4.79 Å². The third-order valence-corrected chi connectivity index (χ3v) is 5.93. The molecular formula is C25H29NO5. The molecule has 2 heterocycles. The van der Waals surface area contributed by atoms with Crippen molar-refractivity contribution in [2.75, 3.05) is 32.9 Å². The lowest BCUT2D eigenvalue weighted by Gasteiger charge is -2.31. The minimum absolute atomic E-state index is 0.0593. The van der Waals surface area contributed by atoms with Crippen molar-refractivity contribution in [3.05, 3.63) is 53.6 Å². The number of amides is 1. The molecule has 2 aliphatic heterocycles. The summed E-state index contributed by atoms with van der Waals surface area (Å²) in [6.07, 6.45) is 2.54. The molecule has 0 aromatic heterocycles. The molecule has 164 valence electrons. The van der Waals surface area contributed by atoms with Crippen molar-refractivity contribution in [2.24, 2.45) is 5.92 Å². The molecule has 0 spiro atoms. The Morgan fingerprint density at radius 3 is 2.55 bits per heavy atom. The molecule has 6 heteroatoms. The van der Waals surface area contributed by atoms with Crippen molar-refractivity contribution in [3.63, 3.8) is 0 Å². The molecule has 31 heavy (non-hydrogen) atoms. The first-order chi connectivity index (χ1) is 15.1. The first-order valence-corrected chi connectivity index (χ1v) is 11.0. The van der Waals surface area contributed by atoms with Gasteiger partial charge in [-0.25, -0.2) is 0 Å². The lowest BCUT2D eigenvalue weighted by atomic mass is 9.88. The van der Waals surface area contributed by atoms with Gasteiger partial charge in [0.1, 0.15) is 19.0 Å². The Kier molecular flexibility index (Phi) is 6.75. The van der Waals surface area contributed by atoms with Gasteiger partial charge in [0.2, 0.25) is 5.91 Å². The maximum absolute atomic E-state index is 12.9. The summed E-state index contributed by atoms with van der Waals surface area (Å²) < 4.78 is 16.9. The molecule has 0 aliphatic carbocycles. The number of hydrogen-bond acceptors (Lipinski definition) is 5. The number of benzene rings is 2. The van der Waals surface area contributed by atoms with Crippen molar-refractivity contribution in [1.82, 2.24) is 4.90 Å². The molecule has 1 amide bonds. The summed E-state index contributed by atoms with van der Waals surface area (Å²) >= 11 is 0. The van der Waals surface area contributed by atoms with E-state index >= 15 is 0 Å². The number of hydrogen-bond donors (Lipinski definition) is 0. The van der Waals surface area contributed by atoms with Crippen LogP contribution in [0.5, 0.6) is 17.2 Å². The number of piperidine rings is 1. The smallest absolute Gasteiger partial charge is 0.222 e. The summed E-state index contributed by atoms with van der Waals surface area (Å²) in [5.74, 6) is 2.39. The van der Waals surface area contributed by atoms with Gasteiger partial charge in [-0.1, -0.05) is 18.2 Å². The van der Waals surface area contributed by atoms with Crippen LogP contribution in [0.1, 0.15) is 41.6 Å². The van der Waals surface area contributed by atoms with Gasteiger partial charge in [-0.2, -0.15) is 0 Å². The summed E-state index contributed by atoms with van der Waals surface area (Å²) in [5, 5.41) is 0. The van der Waals surface area contributed by atoms with Gasteiger partial charge in [0.15, 0.2) is 17.3 Å². The molecule has 2 aliphatic rings. The van der Waals surface area contributed by atoms with Gasteiger partial charge in [-0.3, -0.25) is 9.59 Å². The maximum atomic E-state index is 12.9. The third kappa shape index (κ3) is 5.19. The summed E-state index contributed by atoms with van der Waals surface area (Å²) in [6.45, 7) is 4.81. The Balaban J connectivity index is 1.21. The van der Waals surface area contributed by atoms with Crippen LogP contribution < -0.4 is 14.2 Å². The Hall–Kier alpha value is -3.02. The Labute approximate surface area is 183 Å². The lowest BCUT2D eigenvalue weighted by Crippen LogP contribution is -2.40. The van der Waals surface area contributed by atoms with Gasteiger partial charge in [0.25, 0.3) is 0 Å². The van der Waals surface area contributed by atoms with E-state index in [2.05, 4.69) is 0 Å². The number of rotatable bonds is 7. The molecule has 0 radical (unpaired) electrons. The van der Waals surface area contributed by atoms with Crippen molar-refractivity contribution in [1.29, 1.82) is 0 Å². The molecule has 0 saturated carbocycles. The van der Waals surface area contributed by atoms with E-state index in [1.54, 1.807) is 12.1 Å². The molecule has 0 unspecified atom stereocenters. The van der Waals surface area contributed by atoms with Crippen LogP contribution in [0.25, 0.3) is 0 Å². The predicted molar refractivity (Wildman–Crippen MR) is 117 cm³/mol. The number of Topliss-reactive ketones (excluding diaryl/α,β-unsaturated/α-hetero) is 1. The van der Waals surface area contributed by atoms with Crippen LogP contribution in [0.15, 0.2) is 42.5 Å². The minimum atomic E-state index is -0.0593. The van der Waals surface area contributed by atoms with Gasteiger partial charge in [0.05, 0.1) is 6.61 Å². The number of nitrogens with zero attached hydrogens (tertiary/aromatic N) is 1. The van der Waals surface area contributed by atoms with Gasteiger partial charge in [0, 0.05) is 31.0 Å². The highest BCUT2D eigenvalue weighted by Gasteiger charge is 2.28. The van der Waals surface area contributed by atoms with E-state index < -0.39 is 0 Å². The monoisotopic (exact) mass is 423 g/mol. The molecule has 0 atom stereocenters. The van der Waals surface area contributed by atoms with Gasteiger partial charge >= 0.3 is 0 Å². The average Bonchev–Trinajstić information content (AvgIpc) is 2.82. The van der Waals surface area contributed by atoms with Gasteiger partial charge < -0.3 is 19.1 Å². The molecule has 2 aromatic carbocycles. The lowest BCUT2D eigenvalue weighted by molar-refractivity contribution is -0.132. The van der Waals surface area contributed by atoms with Crippen LogP contribution in [0.2, 0.25) is 0 Å². The Bertz CT molecular complexity index is 933. The number of fused-ring (bicyclic) bond motifs is 1. The molecule has 0 bridgehead atoms. The fourth-order valence-electron chi connectivity index (χ4n) is 4.11. The van der Waals surface area contributed by atoms with E-state index in [0.717, 1.165) is 11.3 Å². The average molecular weight is 424 g/mol. The van der Waals surface area contributed by atoms with E-state index in [0.29, 0.717) is 75.7 Å². The Morgan fingerprint density at radius 1 is 1.03 bits per heavy atom. The van der Waals surface area contributed by atoms with Gasteiger partial charge in [-0.05, 0) is 56.0 Å². The van der Waals surface area contributed by atoms with Crippen LogP contribution in [-0.4, -0.2) is 49.5 Å². The first kappa shape index (κ1) is 21.2. The Morgan fingerprint density at radius 2 is 1.77 bits per heavy atom. The molecular weight excluding hydrogens is 394 g/mol. The maximum Gasteiger partial charge on any atom is 0.222 e. The first-order valence-electron chi connectivity index (χ1n) is 11.0. The molecule has 0 N–H and O–H groups in total. The largest absolute Gasteiger partial charge is 0.493 e. The number of ether oxygens (including phenoxy) is 3. The molecule has 6 nitrogen and oxygen atoms in total. The van der Waals surface area contributed by atoms with Crippen molar-refractivity contribution >= 4 is 11.7 Å². The highest BCUT2D eigenvalue weighted by atomic mass is 16.6. The van der Waals surface area contributed by atoms with E-state index in [9.17, 15) is 9.59 Å². The van der Waals surface area contributed by atoms with E-state index in [1.165, 1.54) is 0 Å². The second-order valence-electron chi connectivity index (χ2n) is 8.10. The van der Waals surface area contributed by atoms with Crippen LogP contribution in [0.3, 0.4) is 0 Å². The zero-order valence-electron chi connectivity index (χ0n) is 18.0. The van der Waals surface area contributed by atoms with Crippen LogP contribution in [0.4, 0.5) is 0 Å². The standard InChI is InChI=1S/C25H29NO5/c1-18-5-2-3-6-21(18)29-14-4-7-24(27)26-12-10-19(11-13-26)25(28)20-8-9-22-23(17-20)31-16-15-30-22/h2-3,5-6,8-9,17,19H,4,7,10-16H2,1H3.